The smallest absolute Gasteiger partial charge is 0.346 e. The number of ether oxygens (including phenoxy) is 2. The fourth-order valence-electron chi connectivity index (χ4n) is 2.16. The molecule has 0 aliphatic carbocycles. The van der Waals surface area contributed by atoms with Crippen LogP contribution in [0.3, 0.4) is 0 Å². The van der Waals surface area contributed by atoms with Crippen LogP contribution in [0, 0.1) is 11.3 Å². The van der Waals surface area contributed by atoms with Gasteiger partial charge in [-0.3, -0.25) is 4.40 Å². The SMILES string of the molecule is CC(C)Oc1cccn2c(/C=C(\C#N)C(=O)O)c(OC(C)(C)C)nc12. The van der Waals surface area contributed by atoms with Gasteiger partial charge in [-0.25, -0.2) is 4.79 Å². The molecule has 1 N–H and O–H groups in total. The van der Waals surface area contributed by atoms with Crippen molar-refractivity contribution in [3.05, 3.63) is 29.6 Å². The fourth-order valence-corrected chi connectivity index (χ4v) is 2.16. The molecule has 0 aliphatic heterocycles. The number of hydrogen-bond acceptors (Lipinski definition) is 5. The number of aliphatic carboxylic acids is 1. The van der Waals surface area contributed by atoms with E-state index in [9.17, 15) is 4.79 Å². The van der Waals surface area contributed by atoms with Gasteiger partial charge in [0.1, 0.15) is 22.9 Å². The van der Waals surface area contributed by atoms with Crippen LogP contribution < -0.4 is 9.47 Å². The predicted octanol–water partition coefficient (Wildman–Crippen LogP) is 3.29. The Labute approximate surface area is 146 Å². The largest absolute Gasteiger partial charge is 0.487 e. The Hall–Kier alpha value is -3.01. The summed E-state index contributed by atoms with van der Waals surface area (Å²) >= 11 is 0. The zero-order valence-electron chi connectivity index (χ0n) is 14.9. The maximum atomic E-state index is 11.2. The highest BCUT2D eigenvalue weighted by molar-refractivity contribution is 5.96. The van der Waals surface area contributed by atoms with Gasteiger partial charge in [-0.2, -0.15) is 10.2 Å². The third-order valence-corrected chi connectivity index (χ3v) is 3.01. The van der Waals surface area contributed by atoms with E-state index in [0.717, 1.165) is 0 Å². The van der Waals surface area contributed by atoms with Crippen LogP contribution in [-0.4, -0.2) is 32.2 Å². The van der Waals surface area contributed by atoms with Gasteiger partial charge >= 0.3 is 5.97 Å². The minimum absolute atomic E-state index is 0.0532. The number of nitriles is 1. The molecule has 2 aromatic rings. The highest BCUT2D eigenvalue weighted by Gasteiger charge is 2.22. The van der Waals surface area contributed by atoms with Crippen molar-refractivity contribution in [2.75, 3.05) is 0 Å². The Balaban J connectivity index is 2.73. The predicted molar refractivity (Wildman–Crippen MR) is 92.6 cm³/mol. The van der Waals surface area contributed by atoms with Crippen LogP contribution in [0.2, 0.25) is 0 Å². The number of hydrogen-bond donors (Lipinski definition) is 1. The third kappa shape index (κ3) is 4.29. The summed E-state index contributed by atoms with van der Waals surface area (Å²) in [6.07, 6.45) is 2.92. The van der Waals surface area contributed by atoms with Crippen molar-refractivity contribution in [1.29, 1.82) is 5.26 Å². The molecule has 0 bridgehead atoms. The zero-order chi connectivity index (χ0) is 18.8. The summed E-state index contributed by atoms with van der Waals surface area (Å²) in [6.45, 7) is 9.38. The number of carboxylic acid groups (broad SMARTS) is 1. The Morgan fingerprint density at radius 3 is 2.64 bits per heavy atom. The number of fused-ring (bicyclic) bond motifs is 1. The van der Waals surface area contributed by atoms with E-state index in [2.05, 4.69) is 4.98 Å². The first-order valence-corrected chi connectivity index (χ1v) is 7.84. The Kier molecular flexibility index (Phi) is 5.02. The van der Waals surface area contributed by atoms with Crippen molar-refractivity contribution in [3.8, 4) is 17.7 Å². The number of imidazole rings is 1. The minimum atomic E-state index is -1.31. The van der Waals surface area contributed by atoms with Gasteiger partial charge in [-0.05, 0) is 52.8 Å². The van der Waals surface area contributed by atoms with Gasteiger partial charge in [0, 0.05) is 6.20 Å². The van der Waals surface area contributed by atoms with Gasteiger partial charge in [0.15, 0.2) is 11.4 Å². The molecule has 2 aromatic heterocycles. The third-order valence-electron chi connectivity index (χ3n) is 3.01. The van der Waals surface area contributed by atoms with Crippen LogP contribution >= 0.6 is 0 Å². The van der Waals surface area contributed by atoms with E-state index >= 15 is 0 Å². The minimum Gasteiger partial charge on any atom is -0.487 e. The molecule has 0 radical (unpaired) electrons. The number of carboxylic acids is 1. The van der Waals surface area contributed by atoms with Crippen LogP contribution in [-0.2, 0) is 4.79 Å². The molecule has 2 heterocycles. The molecule has 7 heteroatoms. The average Bonchev–Trinajstić information content (AvgIpc) is 2.80. The normalized spacial score (nSPS) is 12.3. The second kappa shape index (κ2) is 6.85. The average molecular weight is 343 g/mol. The summed E-state index contributed by atoms with van der Waals surface area (Å²) in [4.78, 5) is 15.7. The van der Waals surface area contributed by atoms with E-state index in [0.29, 0.717) is 17.1 Å². The molecule has 0 atom stereocenters. The summed E-state index contributed by atoms with van der Waals surface area (Å²) in [6, 6.07) is 5.21. The summed E-state index contributed by atoms with van der Waals surface area (Å²) in [7, 11) is 0. The molecule has 0 fully saturated rings. The Morgan fingerprint density at radius 1 is 1.44 bits per heavy atom. The molecule has 0 unspecified atom stereocenters. The van der Waals surface area contributed by atoms with Crippen LogP contribution in [0.1, 0.15) is 40.3 Å². The topological polar surface area (TPSA) is 96.9 Å². The lowest BCUT2D eigenvalue weighted by Gasteiger charge is -2.19. The van der Waals surface area contributed by atoms with Crippen molar-refractivity contribution in [3.63, 3.8) is 0 Å². The van der Waals surface area contributed by atoms with E-state index < -0.39 is 17.1 Å². The first-order valence-electron chi connectivity index (χ1n) is 7.84. The lowest BCUT2D eigenvalue weighted by Crippen LogP contribution is -2.23. The second-order valence-electron chi connectivity index (χ2n) is 6.72. The number of carbonyl (C=O) groups is 1. The van der Waals surface area contributed by atoms with Crippen molar-refractivity contribution in [2.24, 2.45) is 0 Å². The van der Waals surface area contributed by atoms with E-state index in [4.69, 9.17) is 19.8 Å². The van der Waals surface area contributed by atoms with Crippen molar-refractivity contribution in [2.45, 2.75) is 46.3 Å². The molecule has 2 rings (SSSR count). The van der Waals surface area contributed by atoms with Crippen LogP contribution in [0.15, 0.2) is 23.9 Å². The van der Waals surface area contributed by atoms with E-state index in [1.165, 1.54) is 6.08 Å². The first-order chi connectivity index (χ1) is 11.6. The van der Waals surface area contributed by atoms with Crippen LogP contribution in [0.4, 0.5) is 0 Å². The number of aromatic nitrogens is 2. The number of rotatable bonds is 5. The molecule has 25 heavy (non-hydrogen) atoms. The second-order valence-corrected chi connectivity index (χ2v) is 6.72. The molecular weight excluding hydrogens is 322 g/mol. The Morgan fingerprint density at radius 2 is 2.12 bits per heavy atom. The van der Waals surface area contributed by atoms with E-state index in [-0.39, 0.29) is 12.0 Å². The van der Waals surface area contributed by atoms with Crippen molar-refractivity contribution < 1.29 is 19.4 Å². The molecule has 0 saturated heterocycles. The summed E-state index contributed by atoms with van der Waals surface area (Å²) < 4.78 is 13.3. The van der Waals surface area contributed by atoms with Crippen molar-refractivity contribution in [1.82, 2.24) is 9.38 Å². The molecular formula is C18H21N3O4. The molecule has 0 aromatic carbocycles. The van der Waals surface area contributed by atoms with Gasteiger partial charge in [-0.1, -0.05) is 0 Å². The van der Waals surface area contributed by atoms with Gasteiger partial charge < -0.3 is 14.6 Å². The fraction of sp³-hybridized carbons (Fsp3) is 0.389. The van der Waals surface area contributed by atoms with Crippen molar-refractivity contribution >= 4 is 17.7 Å². The van der Waals surface area contributed by atoms with Crippen LogP contribution in [0.5, 0.6) is 11.6 Å². The standard InChI is InChI=1S/C18H21N3O4/c1-11(2)24-14-7-6-8-21-13(9-12(10-19)17(22)23)16(20-15(14)21)25-18(3,4)5/h6-9,11H,1-5H3,(H,22,23)/b12-9+. The summed E-state index contributed by atoms with van der Waals surface area (Å²) in [5.74, 6) is -0.528. The maximum Gasteiger partial charge on any atom is 0.346 e. The lowest BCUT2D eigenvalue weighted by atomic mass is 10.2. The number of pyridine rings is 1. The van der Waals surface area contributed by atoms with Gasteiger partial charge in [0.05, 0.1) is 6.10 Å². The van der Waals surface area contributed by atoms with Gasteiger partial charge in [0.25, 0.3) is 0 Å². The molecule has 132 valence electrons. The van der Waals surface area contributed by atoms with Gasteiger partial charge in [-0.15, -0.1) is 0 Å². The molecule has 0 amide bonds. The quantitative estimate of drug-likeness (QED) is 0.661. The molecule has 7 nitrogen and oxygen atoms in total. The molecule has 0 spiro atoms. The lowest BCUT2D eigenvalue weighted by molar-refractivity contribution is -0.132. The number of nitrogens with zero attached hydrogens (tertiary/aromatic N) is 3. The highest BCUT2D eigenvalue weighted by atomic mass is 16.5. The Bertz CT molecular complexity index is 867. The monoisotopic (exact) mass is 343 g/mol. The van der Waals surface area contributed by atoms with E-state index in [1.54, 1.807) is 28.8 Å². The highest BCUT2D eigenvalue weighted by Crippen LogP contribution is 2.30. The molecule has 0 saturated carbocycles. The van der Waals surface area contributed by atoms with E-state index in [1.807, 2.05) is 34.6 Å². The zero-order valence-corrected chi connectivity index (χ0v) is 14.9. The van der Waals surface area contributed by atoms with Gasteiger partial charge in [0.2, 0.25) is 5.88 Å². The maximum absolute atomic E-state index is 11.2. The summed E-state index contributed by atoms with van der Waals surface area (Å²) in [5, 5.41) is 18.2. The van der Waals surface area contributed by atoms with Crippen LogP contribution in [0.25, 0.3) is 11.7 Å². The molecule has 0 aliphatic rings. The first kappa shape index (κ1) is 18.3. The summed E-state index contributed by atoms with van der Waals surface area (Å²) in [5.41, 5.74) is -0.0893.